The molecule has 2 aliphatic heterocycles. The molecule has 0 aromatic heterocycles. The Balaban J connectivity index is 1.46. The predicted molar refractivity (Wildman–Crippen MR) is 150 cm³/mol. The summed E-state index contributed by atoms with van der Waals surface area (Å²) < 4.78 is 50.2. The molecule has 0 bridgehead atoms. The fourth-order valence-corrected chi connectivity index (χ4v) is 6.89. The first-order valence-corrected chi connectivity index (χ1v) is 14.7. The van der Waals surface area contributed by atoms with E-state index in [-0.39, 0.29) is 17.4 Å². The van der Waals surface area contributed by atoms with Gasteiger partial charge in [0.25, 0.3) is 5.91 Å². The lowest BCUT2D eigenvalue weighted by Crippen LogP contribution is -2.42. The zero-order chi connectivity index (χ0) is 28.3. The molecule has 3 aromatic carbocycles. The van der Waals surface area contributed by atoms with Crippen LogP contribution in [0.5, 0.6) is 23.0 Å². The van der Waals surface area contributed by atoms with Gasteiger partial charge in [0.15, 0.2) is 23.0 Å². The van der Waals surface area contributed by atoms with Gasteiger partial charge in [0, 0.05) is 25.2 Å². The van der Waals surface area contributed by atoms with Crippen molar-refractivity contribution in [2.75, 3.05) is 47.6 Å². The summed E-state index contributed by atoms with van der Waals surface area (Å²) in [7, 11) is 1.19. The first kappa shape index (κ1) is 27.8. The molecule has 1 saturated heterocycles. The van der Waals surface area contributed by atoms with Crippen molar-refractivity contribution in [2.45, 2.75) is 30.2 Å². The predicted octanol–water partition coefficient (Wildman–Crippen LogP) is 4.32. The van der Waals surface area contributed by atoms with Gasteiger partial charge in [-0.3, -0.25) is 4.79 Å². The largest absolute Gasteiger partial charge is 0.493 e. The van der Waals surface area contributed by atoms with Crippen molar-refractivity contribution in [2.24, 2.45) is 0 Å². The van der Waals surface area contributed by atoms with E-state index in [2.05, 4.69) is 0 Å². The molecule has 1 amide bonds. The monoisotopic (exact) mass is 566 g/mol. The summed E-state index contributed by atoms with van der Waals surface area (Å²) in [6, 6.07) is 17.0. The van der Waals surface area contributed by atoms with Crippen LogP contribution < -0.4 is 18.9 Å². The van der Waals surface area contributed by atoms with E-state index in [4.69, 9.17) is 18.9 Å². The number of ether oxygens (including phenoxy) is 4. The zero-order valence-electron chi connectivity index (χ0n) is 23.0. The van der Waals surface area contributed by atoms with E-state index in [1.54, 1.807) is 38.4 Å². The summed E-state index contributed by atoms with van der Waals surface area (Å²) in [5.74, 6) is 2.15. The molecule has 5 rings (SSSR count). The molecule has 3 aromatic rings. The van der Waals surface area contributed by atoms with Crippen molar-refractivity contribution in [1.29, 1.82) is 0 Å². The Labute approximate surface area is 235 Å². The van der Waals surface area contributed by atoms with E-state index in [9.17, 15) is 13.2 Å². The van der Waals surface area contributed by atoms with Crippen molar-refractivity contribution in [3.05, 3.63) is 77.4 Å². The van der Waals surface area contributed by atoms with Gasteiger partial charge in [0.1, 0.15) is 6.61 Å². The summed E-state index contributed by atoms with van der Waals surface area (Å²) >= 11 is 0. The maximum absolute atomic E-state index is 13.9. The molecule has 40 heavy (non-hydrogen) atoms. The maximum Gasteiger partial charge on any atom is 0.254 e. The molecule has 9 nitrogen and oxygen atoms in total. The van der Waals surface area contributed by atoms with Crippen molar-refractivity contribution in [1.82, 2.24) is 9.21 Å². The Morgan fingerprint density at radius 1 is 0.825 bits per heavy atom. The number of hydrogen-bond donors (Lipinski definition) is 0. The highest BCUT2D eigenvalue weighted by Crippen LogP contribution is 2.39. The Hall–Kier alpha value is -3.76. The highest BCUT2D eigenvalue weighted by Gasteiger charge is 2.34. The van der Waals surface area contributed by atoms with Crippen LogP contribution in [0.15, 0.2) is 65.6 Å². The van der Waals surface area contributed by atoms with Gasteiger partial charge in [-0.2, -0.15) is 4.31 Å². The number of fused-ring (bicyclic) bond motifs is 1. The molecular weight excluding hydrogens is 532 g/mol. The fourth-order valence-electron chi connectivity index (χ4n) is 5.37. The Bertz CT molecular complexity index is 1470. The average molecular weight is 567 g/mol. The maximum atomic E-state index is 13.9. The summed E-state index contributed by atoms with van der Waals surface area (Å²) in [6.45, 7) is 1.68. The summed E-state index contributed by atoms with van der Waals surface area (Å²) in [4.78, 5) is 15.8. The van der Waals surface area contributed by atoms with Gasteiger partial charge in [0.05, 0.1) is 32.3 Å². The van der Waals surface area contributed by atoms with E-state index in [0.717, 1.165) is 24.0 Å². The van der Waals surface area contributed by atoms with Gasteiger partial charge in [-0.15, -0.1) is 0 Å². The van der Waals surface area contributed by atoms with E-state index in [1.165, 1.54) is 16.4 Å². The highest BCUT2D eigenvalue weighted by atomic mass is 32.2. The minimum atomic E-state index is -3.57. The molecule has 1 fully saturated rings. The molecule has 0 N–H and O–H groups in total. The molecule has 2 aliphatic rings. The van der Waals surface area contributed by atoms with Gasteiger partial charge >= 0.3 is 0 Å². The van der Waals surface area contributed by atoms with Crippen LogP contribution in [0.3, 0.4) is 0 Å². The van der Waals surface area contributed by atoms with Crippen LogP contribution in [0.4, 0.5) is 0 Å². The number of hydrogen-bond acceptors (Lipinski definition) is 7. The Morgan fingerprint density at radius 2 is 1.45 bits per heavy atom. The number of carbonyl (C=O) groups excluding carboxylic acids is 1. The van der Waals surface area contributed by atoms with Crippen LogP contribution in [-0.4, -0.2) is 71.1 Å². The SMILES string of the molecule is COc1cc2c(cc1OC)[C@H](COc1ccccc1OC)N(C(=O)c1ccc(S(=O)(=O)N3CCCC3)cc1)CC2. The van der Waals surface area contributed by atoms with E-state index < -0.39 is 16.1 Å². The van der Waals surface area contributed by atoms with Crippen LogP contribution in [0.2, 0.25) is 0 Å². The molecular formula is C30H34N2O7S. The Morgan fingerprint density at radius 3 is 2.10 bits per heavy atom. The third-order valence-electron chi connectivity index (χ3n) is 7.53. The van der Waals surface area contributed by atoms with Gasteiger partial charge in [-0.1, -0.05) is 12.1 Å². The van der Waals surface area contributed by atoms with Gasteiger partial charge in [0.2, 0.25) is 10.0 Å². The summed E-state index contributed by atoms with van der Waals surface area (Å²) in [5, 5.41) is 0. The lowest BCUT2D eigenvalue weighted by atomic mass is 9.91. The first-order chi connectivity index (χ1) is 19.4. The number of rotatable bonds is 9. The molecule has 212 valence electrons. The summed E-state index contributed by atoms with van der Waals surface area (Å²) in [6.07, 6.45) is 2.34. The summed E-state index contributed by atoms with van der Waals surface area (Å²) in [5.41, 5.74) is 2.36. The number of benzene rings is 3. The van der Waals surface area contributed by atoms with Crippen LogP contribution in [-0.2, 0) is 16.4 Å². The zero-order valence-corrected chi connectivity index (χ0v) is 23.8. The van der Waals surface area contributed by atoms with Gasteiger partial charge in [-0.05, 0) is 78.9 Å². The van der Waals surface area contributed by atoms with Gasteiger partial charge < -0.3 is 23.8 Å². The molecule has 0 saturated carbocycles. The second-order valence-electron chi connectivity index (χ2n) is 9.77. The minimum absolute atomic E-state index is 0.177. The molecule has 2 heterocycles. The number of para-hydroxylation sites is 2. The first-order valence-electron chi connectivity index (χ1n) is 13.3. The molecule has 0 radical (unpaired) electrons. The number of nitrogens with zero attached hydrogens (tertiary/aromatic N) is 2. The quantitative estimate of drug-likeness (QED) is 0.381. The van der Waals surface area contributed by atoms with Crippen molar-refractivity contribution in [3.63, 3.8) is 0 Å². The van der Waals surface area contributed by atoms with Crippen molar-refractivity contribution in [3.8, 4) is 23.0 Å². The van der Waals surface area contributed by atoms with Crippen LogP contribution in [0, 0.1) is 0 Å². The molecule has 0 aliphatic carbocycles. The second-order valence-corrected chi connectivity index (χ2v) is 11.7. The average Bonchev–Trinajstić information content (AvgIpc) is 3.55. The normalized spacial score (nSPS) is 17.3. The molecule has 10 heteroatoms. The van der Waals surface area contributed by atoms with Crippen LogP contribution in [0.25, 0.3) is 0 Å². The third kappa shape index (κ3) is 5.33. The van der Waals surface area contributed by atoms with Crippen LogP contribution >= 0.6 is 0 Å². The standard InChI is InChI=1S/C30H34N2O7S/c1-36-26-8-4-5-9-27(26)39-20-25-24-19-29(38-3)28(37-2)18-22(24)14-17-32(25)30(33)21-10-12-23(13-11-21)40(34,35)31-15-6-7-16-31/h4-5,8-13,18-19,25H,6-7,14-17,20H2,1-3H3/t25-/m0/s1. The fraction of sp³-hybridized carbons (Fsp3) is 0.367. The number of carbonyl (C=O) groups is 1. The molecule has 1 atom stereocenters. The smallest absolute Gasteiger partial charge is 0.254 e. The minimum Gasteiger partial charge on any atom is -0.493 e. The molecule has 0 unspecified atom stereocenters. The van der Waals surface area contributed by atoms with Crippen molar-refractivity contribution >= 4 is 15.9 Å². The van der Waals surface area contributed by atoms with Gasteiger partial charge in [-0.25, -0.2) is 8.42 Å². The Kier molecular flexibility index (Phi) is 8.18. The van der Waals surface area contributed by atoms with Crippen molar-refractivity contribution < 1.29 is 32.2 Å². The third-order valence-corrected chi connectivity index (χ3v) is 9.45. The van der Waals surface area contributed by atoms with Crippen LogP contribution in [0.1, 0.15) is 40.4 Å². The highest BCUT2D eigenvalue weighted by molar-refractivity contribution is 7.89. The second kappa shape index (κ2) is 11.8. The van der Waals surface area contributed by atoms with E-state index in [0.29, 0.717) is 54.6 Å². The number of amides is 1. The molecule has 0 spiro atoms. The number of methoxy groups -OCH3 is 3. The van der Waals surface area contributed by atoms with E-state index >= 15 is 0 Å². The lowest BCUT2D eigenvalue weighted by molar-refractivity contribution is 0.0587. The van der Waals surface area contributed by atoms with E-state index in [1.807, 2.05) is 36.4 Å². The lowest BCUT2D eigenvalue weighted by Gasteiger charge is -2.37. The topological polar surface area (TPSA) is 94.6 Å². The number of sulfonamides is 1.